The molecule has 0 aromatic heterocycles. The van der Waals surface area contributed by atoms with E-state index in [2.05, 4.69) is 48.0 Å². The number of nitrogens with zero attached hydrogens (tertiary/aromatic N) is 2. The van der Waals surface area contributed by atoms with Crippen molar-refractivity contribution in [2.24, 2.45) is 10.7 Å². The van der Waals surface area contributed by atoms with E-state index in [1.165, 1.54) is 11.1 Å². The molecule has 2 rings (SSSR count). The third-order valence-electron chi connectivity index (χ3n) is 2.86. The van der Waals surface area contributed by atoms with Crippen molar-refractivity contribution in [2.75, 3.05) is 13.1 Å². The smallest absolute Gasteiger partial charge is 0.191 e. The van der Waals surface area contributed by atoms with Crippen LogP contribution < -0.4 is 5.73 Å². The van der Waals surface area contributed by atoms with Gasteiger partial charge < -0.3 is 10.6 Å². The Morgan fingerprint density at radius 1 is 1.53 bits per heavy atom. The van der Waals surface area contributed by atoms with E-state index in [-0.39, 0.29) is 0 Å². The molecule has 3 heteroatoms. The molecule has 80 valence electrons. The Hall–Kier alpha value is -1.51. The van der Waals surface area contributed by atoms with E-state index in [0.717, 1.165) is 13.1 Å². The average molecular weight is 203 g/mol. The quantitative estimate of drug-likeness (QED) is 0.794. The van der Waals surface area contributed by atoms with Crippen molar-refractivity contribution < 1.29 is 0 Å². The molecule has 3 nitrogen and oxygen atoms in total. The SMILES string of the molecule is CCN1C(N)=NCC1c1cccc(C)c1. The third kappa shape index (κ3) is 1.82. The van der Waals surface area contributed by atoms with Gasteiger partial charge in [-0.3, -0.25) is 4.99 Å². The molecule has 0 aliphatic carbocycles. The summed E-state index contributed by atoms with van der Waals surface area (Å²) in [5, 5.41) is 0. The molecule has 15 heavy (non-hydrogen) atoms. The topological polar surface area (TPSA) is 41.6 Å². The van der Waals surface area contributed by atoms with Gasteiger partial charge in [-0.25, -0.2) is 0 Å². The molecule has 0 amide bonds. The van der Waals surface area contributed by atoms with Gasteiger partial charge in [-0.15, -0.1) is 0 Å². The van der Waals surface area contributed by atoms with E-state index in [0.29, 0.717) is 12.0 Å². The largest absolute Gasteiger partial charge is 0.370 e. The number of benzene rings is 1. The Balaban J connectivity index is 2.26. The van der Waals surface area contributed by atoms with Crippen LogP contribution in [0.25, 0.3) is 0 Å². The van der Waals surface area contributed by atoms with Gasteiger partial charge in [0.05, 0.1) is 12.6 Å². The number of hydrogen-bond donors (Lipinski definition) is 1. The maximum atomic E-state index is 5.83. The Kier molecular flexibility index (Phi) is 2.62. The zero-order valence-corrected chi connectivity index (χ0v) is 9.27. The molecule has 1 aromatic rings. The minimum atomic E-state index is 0.329. The Labute approximate surface area is 90.6 Å². The second-order valence-corrected chi connectivity index (χ2v) is 3.91. The van der Waals surface area contributed by atoms with Gasteiger partial charge in [0.25, 0.3) is 0 Å². The van der Waals surface area contributed by atoms with E-state index < -0.39 is 0 Å². The first-order valence-electron chi connectivity index (χ1n) is 5.35. The second kappa shape index (κ2) is 3.93. The van der Waals surface area contributed by atoms with E-state index in [1.807, 2.05) is 0 Å². The molecule has 0 bridgehead atoms. The average Bonchev–Trinajstić information content (AvgIpc) is 2.59. The van der Waals surface area contributed by atoms with Gasteiger partial charge in [-0.2, -0.15) is 0 Å². The first-order chi connectivity index (χ1) is 7.22. The maximum absolute atomic E-state index is 5.83. The van der Waals surface area contributed by atoms with Crippen LogP contribution in [0.5, 0.6) is 0 Å². The highest BCUT2D eigenvalue weighted by atomic mass is 15.3. The van der Waals surface area contributed by atoms with Gasteiger partial charge in [0.15, 0.2) is 5.96 Å². The molecule has 0 radical (unpaired) electrons. The second-order valence-electron chi connectivity index (χ2n) is 3.91. The Morgan fingerprint density at radius 3 is 3.00 bits per heavy atom. The van der Waals surface area contributed by atoms with Crippen molar-refractivity contribution in [2.45, 2.75) is 19.9 Å². The van der Waals surface area contributed by atoms with Crippen molar-refractivity contribution in [3.05, 3.63) is 35.4 Å². The molecule has 1 aliphatic rings. The summed E-state index contributed by atoms with van der Waals surface area (Å²) >= 11 is 0. The van der Waals surface area contributed by atoms with Crippen LogP contribution in [0.3, 0.4) is 0 Å². The van der Waals surface area contributed by atoms with E-state index in [4.69, 9.17) is 5.73 Å². The zero-order valence-electron chi connectivity index (χ0n) is 9.27. The molecule has 0 saturated heterocycles. The predicted octanol–water partition coefficient (Wildman–Crippen LogP) is 1.69. The van der Waals surface area contributed by atoms with Crippen molar-refractivity contribution in [1.82, 2.24) is 4.90 Å². The lowest BCUT2D eigenvalue weighted by Gasteiger charge is -2.25. The fourth-order valence-corrected chi connectivity index (χ4v) is 2.07. The van der Waals surface area contributed by atoms with Crippen LogP contribution in [0.1, 0.15) is 24.1 Å². The van der Waals surface area contributed by atoms with Crippen LogP contribution in [-0.2, 0) is 0 Å². The number of aryl methyl sites for hydroxylation is 1. The molecule has 1 atom stereocenters. The van der Waals surface area contributed by atoms with Crippen LogP contribution in [0, 0.1) is 6.92 Å². The van der Waals surface area contributed by atoms with E-state index in [9.17, 15) is 0 Å². The molecule has 1 heterocycles. The lowest BCUT2D eigenvalue weighted by Crippen LogP contribution is -2.35. The number of guanidine groups is 1. The van der Waals surface area contributed by atoms with Gasteiger partial charge in [0.1, 0.15) is 0 Å². The van der Waals surface area contributed by atoms with E-state index >= 15 is 0 Å². The molecular formula is C12H17N3. The highest BCUT2D eigenvalue weighted by Crippen LogP contribution is 2.25. The molecule has 1 unspecified atom stereocenters. The highest BCUT2D eigenvalue weighted by molar-refractivity contribution is 5.80. The van der Waals surface area contributed by atoms with Crippen molar-refractivity contribution in [3.8, 4) is 0 Å². The van der Waals surface area contributed by atoms with Crippen LogP contribution in [-0.4, -0.2) is 23.9 Å². The summed E-state index contributed by atoms with van der Waals surface area (Å²) in [6.45, 7) is 5.91. The molecule has 2 N–H and O–H groups in total. The minimum Gasteiger partial charge on any atom is -0.370 e. The molecule has 0 fully saturated rings. The first kappa shape index (κ1) is 10.0. The normalized spacial score (nSPS) is 20.5. The molecule has 1 aromatic carbocycles. The van der Waals surface area contributed by atoms with Crippen molar-refractivity contribution in [3.63, 3.8) is 0 Å². The van der Waals surface area contributed by atoms with Crippen LogP contribution in [0.4, 0.5) is 0 Å². The summed E-state index contributed by atoms with van der Waals surface area (Å²) in [6, 6.07) is 8.89. The van der Waals surface area contributed by atoms with Gasteiger partial charge in [0, 0.05) is 6.54 Å². The standard InChI is InChI=1S/C12H17N3/c1-3-15-11(8-14-12(15)13)10-6-4-5-9(2)7-10/h4-7,11H,3,8H2,1-2H3,(H2,13,14). The number of hydrogen-bond acceptors (Lipinski definition) is 3. The Morgan fingerprint density at radius 2 is 2.33 bits per heavy atom. The summed E-state index contributed by atoms with van der Waals surface area (Å²) in [5.74, 6) is 0.670. The summed E-state index contributed by atoms with van der Waals surface area (Å²) in [5.41, 5.74) is 8.42. The zero-order chi connectivity index (χ0) is 10.8. The summed E-state index contributed by atoms with van der Waals surface area (Å²) < 4.78 is 0. The van der Waals surface area contributed by atoms with Crippen LogP contribution >= 0.6 is 0 Å². The third-order valence-corrected chi connectivity index (χ3v) is 2.86. The van der Waals surface area contributed by atoms with E-state index in [1.54, 1.807) is 0 Å². The van der Waals surface area contributed by atoms with Crippen LogP contribution in [0.15, 0.2) is 29.3 Å². The predicted molar refractivity (Wildman–Crippen MR) is 62.8 cm³/mol. The maximum Gasteiger partial charge on any atom is 0.191 e. The number of aliphatic imine (C=N–C) groups is 1. The van der Waals surface area contributed by atoms with Gasteiger partial charge in [0.2, 0.25) is 0 Å². The van der Waals surface area contributed by atoms with Crippen molar-refractivity contribution >= 4 is 5.96 Å². The lowest BCUT2D eigenvalue weighted by atomic mass is 10.0. The summed E-state index contributed by atoms with van der Waals surface area (Å²) in [4.78, 5) is 6.44. The lowest BCUT2D eigenvalue weighted by molar-refractivity contribution is 0.364. The monoisotopic (exact) mass is 203 g/mol. The molecule has 1 aliphatic heterocycles. The van der Waals surface area contributed by atoms with Gasteiger partial charge in [-0.05, 0) is 19.4 Å². The number of nitrogens with two attached hydrogens (primary N) is 1. The van der Waals surface area contributed by atoms with Gasteiger partial charge >= 0.3 is 0 Å². The Bertz CT molecular complexity index is 384. The summed E-state index contributed by atoms with van der Waals surface area (Å²) in [7, 11) is 0. The molecular weight excluding hydrogens is 186 g/mol. The van der Waals surface area contributed by atoms with Crippen LogP contribution in [0.2, 0.25) is 0 Å². The highest BCUT2D eigenvalue weighted by Gasteiger charge is 2.25. The number of likely N-dealkylation sites (N-methyl/N-ethyl adjacent to an activating group) is 1. The minimum absolute atomic E-state index is 0.329. The molecule has 0 spiro atoms. The fraction of sp³-hybridized carbons (Fsp3) is 0.417. The fourth-order valence-electron chi connectivity index (χ4n) is 2.07. The first-order valence-corrected chi connectivity index (χ1v) is 5.35. The number of rotatable bonds is 2. The summed E-state index contributed by atoms with van der Waals surface area (Å²) in [6.07, 6.45) is 0. The molecule has 0 saturated carbocycles. The van der Waals surface area contributed by atoms with Crippen molar-refractivity contribution in [1.29, 1.82) is 0 Å². The van der Waals surface area contributed by atoms with Gasteiger partial charge in [-0.1, -0.05) is 29.8 Å².